The quantitative estimate of drug-likeness (QED) is 0.786. The maximum absolute atomic E-state index is 12.1. The molecule has 0 saturated carbocycles. The lowest BCUT2D eigenvalue weighted by atomic mass is 10.3. The second-order valence-electron chi connectivity index (χ2n) is 4.01. The Morgan fingerprint density at radius 1 is 1.21 bits per heavy atom. The zero-order valence-electron chi connectivity index (χ0n) is 11.3. The van der Waals surface area contributed by atoms with Crippen molar-refractivity contribution in [1.82, 2.24) is 0 Å². The molecule has 1 aromatic rings. The summed E-state index contributed by atoms with van der Waals surface area (Å²) in [6.45, 7) is 1.86. The summed E-state index contributed by atoms with van der Waals surface area (Å²) in [4.78, 5) is 0. The Hall–Kier alpha value is -1.47. The largest absolute Gasteiger partial charge is 0.497 e. The van der Waals surface area contributed by atoms with Gasteiger partial charge >= 0.3 is 0 Å². The van der Waals surface area contributed by atoms with E-state index in [1.165, 1.54) is 14.2 Å². The molecule has 6 nitrogen and oxygen atoms in total. The zero-order chi connectivity index (χ0) is 14.5. The van der Waals surface area contributed by atoms with Crippen molar-refractivity contribution in [1.29, 1.82) is 0 Å². The number of hydrogen-bond acceptors (Lipinski definition) is 5. The van der Waals surface area contributed by atoms with Crippen LogP contribution >= 0.6 is 0 Å². The summed E-state index contributed by atoms with van der Waals surface area (Å²) in [5.41, 5.74) is 5.86. The van der Waals surface area contributed by atoms with Crippen LogP contribution in [0.15, 0.2) is 18.2 Å². The molecule has 0 radical (unpaired) electrons. The highest BCUT2D eigenvalue weighted by Gasteiger charge is 2.22. The number of methoxy groups -OCH3 is 2. The van der Waals surface area contributed by atoms with Gasteiger partial charge in [0.2, 0.25) is 10.0 Å². The number of anilines is 1. The fraction of sp³-hybridized carbons (Fsp3) is 0.500. The molecule has 1 unspecified atom stereocenters. The van der Waals surface area contributed by atoms with Crippen molar-refractivity contribution < 1.29 is 17.9 Å². The summed E-state index contributed by atoms with van der Waals surface area (Å²) in [5.74, 6) is 1.02. The monoisotopic (exact) mass is 288 g/mol. The molecule has 0 aliphatic rings. The number of hydrogen-bond donors (Lipinski definition) is 2. The van der Waals surface area contributed by atoms with Gasteiger partial charge in [-0.15, -0.1) is 0 Å². The summed E-state index contributed by atoms with van der Waals surface area (Å²) in [6, 6.07) is 4.84. The molecule has 1 atom stereocenters. The molecule has 0 fully saturated rings. The fourth-order valence-corrected chi connectivity index (χ4v) is 2.93. The van der Waals surface area contributed by atoms with Crippen LogP contribution in [0.4, 0.5) is 5.69 Å². The minimum atomic E-state index is -3.51. The van der Waals surface area contributed by atoms with Gasteiger partial charge in [-0.3, -0.25) is 4.72 Å². The molecule has 108 valence electrons. The molecule has 1 aromatic carbocycles. The van der Waals surface area contributed by atoms with Crippen LogP contribution in [0.25, 0.3) is 0 Å². The topological polar surface area (TPSA) is 90.7 Å². The van der Waals surface area contributed by atoms with Gasteiger partial charge in [0.15, 0.2) is 0 Å². The molecule has 3 N–H and O–H groups in total. The third-order valence-electron chi connectivity index (χ3n) is 2.77. The van der Waals surface area contributed by atoms with E-state index in [9.17, 15) is 8.42 Å². The van der Waals surface area contributed by atoms with Gasteiger partial charge in [0.25, 0.3) is 0 Å². The number of benzene rings is 1. The molecule has 0 aliphatic heterocycles. The van der Waals surface area contributed by atoms with E-state index in [4.69, 9.17) is 15.2 Å². The van der Waals surface area contributed by atoms with Crippen LogP contribution in [0.3, 0.4) is 0 Å². The second kappa shape index (κ2) is 6.63. The maximum atomic E-state index is 12.1. The van der Waals surface area contributed by atoms with Gasteiger partial charge in [0.05, 0.1) is 25.2 Å². The van der Waals surface area contributed by atoms with Crippen LogP contribution < -0.4 is 19.9 Å². The number of ether oxygens (including phenoxy) is 2. The van der Waals surface area contributed by atoms with Crippen molar-refractivity contribution in [3.05, 3.63) is 18.2 Å². The van der Waals surface area contributed by atoms with Gasteiger partial charge in [-0.05, 0) is 6.42 Å². The van der Waals surface area contributed by atoms with Gasteiger partial charge in [-0.25, -0.2) is 8.42 Å². The molecule has 0 spiro atoms. The van der Waals surface area contributed by atoms with Crippen LogP contribution in [-0.2, 0) is 10.0 Å². The normalized spacial score (nSPS) is 12.8. The van der Waals surface area contributed by atoms with E-state index in [1.807, 2.05) is 0 Å². The lowest BCUT2D eigenvalue weighted by molar-refractivity contribution is 0.395. The van der Waals surface area contributed by atoms with E-state index in [2.05, 4.69) is 4.72 Å². The molecule has 0 aromatic heterocycles. The van der Waals surface area contributed by atoms with Crippen LogP contribution in [-0.4, -0.2) is 34.4 Å². The Labute approximate surface area is 113 Å². The molecule has 0 heterocycles. The van der Waals surface area contributed by atoms with Crippen LogP contribution in [0.5, 0.6) is 11.5 Å². The highest BCUT2D eigenvalue weighted by molar-refractivity contribution is 7.93. The van der Waals surface area contributed by atoms with Crippen molar-refractivity contribution in [2.24, 2.45) is 5.73 Å². The highest BCUT2D eigenvalue weighted by atomic mass is 32.2. The van der Waals surface area contributed by atoms with Gasteiger partial charge in [0, 0.05) is 24.7 Å². The smallest absolute Gasteiger partial charge is 0.236 e. The number of sulfonamides is 1. The van der Waals surface area contributed by atoms with Crippen LogP contribution in [0, 0.1) is 0 Å². The molecular formula is C12H20N2O4S. The van der Waals surface area contributed by atoms with E-state index in [1.54, 1.807) is 25.1 Å². The zero-order valence-corrected chi connectivity index (χ0v) is 12.2. The third-order valence-corrected chi connectivity index (χ3v) is 4.69. The molecule has 0 bridgehead atoms. The Morgan fingerprint density at radius 3 is 2.11 bits per heavy atom. The summed E-state index contributed by atoms with van der Waals surface area (Å²) < 4.78 is 36.9. The van der Waals surface area contributed by atoms with Crippen molar-refractivity contribution in [3.63, 3.8) is 0 Å². The Kier molecular flexibility index (Phi) is 5.44. The Balaban J connectivity index is 3.04. The van der Waals surface area contributed by atoms with Gasteiger partial charge in [-0.1, -0.05) is 6.92 Å². The molecule has 7 heteroatoms. The average molecular weight is 288 g/mol. The summed E-state index contributed by atoms with van der Waals surface area (Å²) >= 11 is 0. The summed E-state index contributed by atoms with van der Waals surface area (Å²) in [5, 5.41) is -0.621. The summed E-state index contributed by atoms with van der Waals surface area (Å²) in [6.07, 6.45) is 0.451. The average Bonchev–Trinajstić information content (AvgIpc) is 2.38. The van der Waals surface area contributed by atoms with E-state index in [0.717, 1.165) is 0 Å². The SMILES string of the molecule is CCC(CN)S(=O)(=O)Nc1cc(OC)cc(OC)c1. The predicted molar refractivity (Wildman–Crippen MR) is 75.2 cm³/mol. The molecule has 0 saturated heterocycles. The molecule has 0 amide bonds. The molecular weight excluding hydrogens is 268 g/mol. The van der Waals surface area contributed by atoms with E-state index < -0.39 is 15.3 Å². The summed E-state index contributed by atoms with van der Waals surface area (Å²) in [7, 11) is -0.508. The van der Waals surface area contributed by atoms with E-state index in [-0.39, 0.29) is 6.54 Å². The molecule has 1 rings (SSSR count). The molecule has 19 heavy (non-hydrogen) atoms. The minimum Gasteiger partial charge on any atom is -0.497 e. The first-order chi connectivity index (χ1) is 8.96. The first kappa shape index (κ1) is 15.6. The van der Waals surface area contributed by atoms with Gasteiger partial charge in [0.1, 0.15) is 11.5 Å². The third kappa shape index (κ3) is 4.00. The first-order valence-electron chi connectivity index (χ1n) is 5.91. The van der Waals surface area contributed by atoms with Crippen molar-refractivity contribution >= 4 is 15.7 Å². The lowest BCUT2D eigenvalue weighted by Gasteiger charge is -2.16. The predicted octanol–water partition coefficient (Wildman–Crippen LogP) is 1.18. The van der Waals surface area contributed by atoms with E-state index in [0.29, 0.717) is 23.6 Å². The standard InChI is InChI=1S/C12H20N2O4S/c1-4-12(8-13)19(15,16)14-9-5-10(17-2)7-11(6-9)18-3/h5-7,12,14H,4,8,13H2,1-3H3. The van der Waals surface area contributed by atoms with Gasteiger partial charge in [-0.2, -0.15) is 0 Å². The second-order valence-corrected chi connectivity index (χ2v) is 5.98. The van der Waals surface area contributed by atoms with Crippen molar-refractivity contribution in [2.75, 3.05) is 25.5 Å². The first-order valence-corrected chi connectivity index (χ1v) is 7.46. The molecule has 0 aliphatic carbocycles. The Bertz CT molecular complexity index is 490. The van der Waals surface area contributed by atoms with Crippen molar-refractivity contribution in [2.45, 2.75) is 18.6 Å². The lowest BCUT2D eigenvalue weighted by Crippen LogP contribution is -2.33. The number of nitrogens with two attached hydrogens (primary N) is 1. The number of rotatable bonds is 7. The highest BCUT2D eigenvalue weighted by Crippen LogP contribution is 2.27. The van der Waals surface area contributed by atoms with Crippen molar-refractivity contribution in [3.8, 4) is 11.5 Å². The van der Waals surface area contributed by atoms with Gasteiger partial charge < -0.3 is 15.2 Å². The van der Waals surface area contributed by atoms with E-state index >= 15 is 0 Å². The Morgan fingerprint density at radius 2 is 1.74 bits per heavy atom. The fourth-order valence-electron chi connectivity index (χ4n) is 1.63. The maximum Gasteiger partial charge on any atom is 0.236 e. The van der Waals surface area contributed by atoms with Crippen LogP contribution in [0.1, 0.15) is 13.3 Å². The van der Waals surface area contributed by atoms with Crippen LogP contribution in [0.2, 0.25) is 0 Å². The minimum absolute atomic E-state index is 0.0763. The number of nitrogens with one attached hydrogen (secondary N) is 1.